The molecule has 0 aromatic carbocycles. The molecule has 1 aliphatic rings. The number of nitrogens with zero attached hydrogens (tertiary/aromatic N) is 2. The number of hydrogen-bond donors (Lipinski definition) is 4. The van der Waals surface area contributed by atoms with Crippen LogP contribution in [0.2, 0.25) is 0 Å². The van der Waals surface area contributed by atoms with Gasteiger partial charge in [0.15, 0.2) is 0 Å². The molecule has 0 amide bonds. The largest absolute Gasteiger partial charge is 0.339 e. The zero-order valence-electron chi connectivity index (χ0n) is 7.45. The van der Waals surface area contributed by atoms with E-state index in [2.05, 4.69) is 18.1 Å². The first-order chi connectivity index (χ1) is 5.81. The minimum atomic E-state index is -4.01. The molecule has 3 N–H and O–H groups in total. The molecule has 1 rings (SSSR count). The van der Waals surface area contributed by atoms with Crippen LogP contribution in [0.5, 0.6) is 0 Å². The van der Waals surface area contributed by atoms with E-state index in [1.807, 2.05) is 6.92 Å². The summed E-state index contributed by atoms with van der Waals surface area (Å²) >= 11 is 4.15. The van der Waals surface area contributed by atoms with Crippen LogP contribution in [0.15, 0.2) is 0 Å². The number of thiol groups is 1. The van der Waals surface area contributed by atoms with Crippen LogP contribution in [0, 0.1) is 0 Å². The summed E-state index contributed by atoms with van der Waals surface area (Å²) in [6, 6.07) is 0. The Labute approximate surface area is 82.4 Å². The highest BCUT2D eigenvalue weighted by molar-refractivity contribution is 7.80. The van der Waals surface area contributed by atoms with E-state index >= 15 is 0 Å². The van der Waals surface area contributed by atoms with E-state index in [1.165, 1.54) is 0 Å². The lowest BCUT2D eigenvalue weighted by Gasteiger charge is -2.24. The Morgan fingerprint density at radius 2 is 2.15 bits per heavy atom. The Morgan fingerprint density at radius 3 is 2.46 bits per heavy atom. The standard InChI is InChI=1S/C5H14N3O3PS/c1-4-7(2)6-5(13)8(4)3-12(9,10)11/h4-6,13H,3H2,1-2H3,(H2,9,10,11). The van der Waals surface area contributed by atoms with Gasteiger partial charge in [-0.05, 0) is 6.92 Å². The summed E-state index contributed by atoms with van der Waals surface area (Å²) in [5.41, 5.74) is 2.58. The number of nitrogens with one attached hydrogen (secondary N) is 1. The molecule has 0 saturated carbocycles. The molecule has 13 heavy (non-hydrogen) atoms. The van der Waals surface area contributed by atoms with Crippen molar-refractivity contribution in [3.05, 3.63) is 0 Å². The molecule has 8 heteroatoms. The molecule has 0 aromatic heterocycles. The minimum absolute atomic E-state index is 0.0740. The fraction of sp³-hybridized carbons (Fsp3) is 1.00. The van der Waals surface area contributed by atoms with Gasteiger partial charge in [-0.1, -0.05) is 0 Å². The Hall–Kier alpha value is 0.380. The van der Waals surface area contributed by atoms with Gasteiger partial charge >= 0.3 is 7.60 Å². The number of rotatable bonds is 2. The van der Waals surface area contributed by atoms with Crippen molar-refractivity contribution < 1.29 is 14.4 Å². The summed E-state index contributed by atoms with van der Waals surface area (Å²) in [5.74, 6) is 0. The fourth-order valence-electron chi connectivity index (χ4n) is 1.20. The predicted molar refractivity (Wildman–Crippen MR) is 51.9 cm³/mol. The SMILES string of the molecule is CC1N(C)NC(S)N1CP(=O)(O)O. The molecule has 6 nitrogen and oxygen atoms in total. The van der Waals surface area contributed by atoms with Gasteiger partial charge in [0.2, 0.25) is 0 Å². The highest BCUT2D eigenvalue weighted by atomic mass is 32.1. The van der Waals surface area contributed by atoms with E-state index < -0.39 is 7.60 Å². The molecule has 2 atom stereocenters. The van der Waals surface area contributed by atoms with Crippen LogP contribution in [-0.4, -0.2) is 44.7 Å². The molecule has 2 unspecified atom stereocenters. The van der Waals surface area contributed by atoms with Gasteiger partial charge < -0.3 is 9.79 Å². The molecule has 0 radical (unpaired) electrons. The Kier molecular flexibility index (Phi) is 3.40. The monoisotopic (exact) mass is 227 g/mol. The van der Waals surface area contributed by atoms with Crippen LogP contribution in [0.3, 0.4) is 0 Å². The van der Waals surface area contributed by atoms with Gasteiger partial charge in [-0.2, -0.15) is 0 Å². The molecule has 0 aliphatic carbocycles. The lowest BCUT2D eigenvalue weighted by Crippen LogP contribution is -2.36. The number of hydrogen-bond acceptors (Lipinski definition) is 5. The summed E-state index contributed by atoms with van der Waals surface area (Å²) < 4.78 is 10.8. The van der Waals surface area contributed by atoms with Crippen molar-refractivity contribution in [1.29, 1.82) is 0 Å². The molecular weight excluding hydrogens is 213 g/mol. The third-order valence-corrected chi connectivity index (χ3v) is 3.13. The Bertz CT molecular complexity index is 235. The van der Waals surface area contributed by atoms with Crippen molar-refractivity contribution in [1.82, 2.24) is 15.3 Å². The second kappa shape index (κ2) is 3.86. The van der Waals surface area contributed by atoms with E-state index in [1.54, 1.807) is 17.0 Å². The first-order valence-corrected chi connectivity index (χ1v) is 6.10. The fourth-order valence-corrected chi connectivity index (χ4v) is 2.61. The number of hydrazine groups is 1. The average Bonchev–Trinajstić information content (AvgIpc) is 2.14. The van der Waals surface area contributed by atoms with Gasteiger partial charge in [0.05, 0.1) is 6.17 Å². The Morgan fingerprint density at radius 1 is 1.62 bits per heavy atom. The van der Waals surface area contributed by atoms with E-state index in [0.29, 0.717) is 0 Å². The molecular formula is C5H14N3O3PS. The lowest BCUT2D eigenvalue weighted by atomic mass is 10.5. The lowest BCUT2D eigenvalue weighted by molar-refractivity contribution is 0.169. The van der Waals surface area contributed by atoms with Crippen molar-refractivity contribution in [2.75, 3.05) is 13.3 Å². The van der Waals surface area contributed by atoms with Gasteiger partial charge in [0, 0.05) is 7.05 Å². The molecule has 1 aliphatic heterocycles. The second-order valence-corrected chi connectivity index (χ2v) is 5.17. The quantitative estimate of drug-likeness (QED) is 0.374. The normalized spacial score (nSPS) is 32.7. The minimum Gasteiger partial charge on any atom is -0.324 e. The van der Waals surface area contributed by atoms with Crippen LogP contribution in [0.25, 0.3) is 0 Å². The second-order valence-electron chi connectivity index (χ2n) is 3.07. The van der Waals surface area contributed by atoms with Crippen LogP contribution in [0.1, 0.15) is 6.92 Å². The zero-order valence-corrected chi connectivity index (χ0v) is 9.24. The zero-order chi connectivity index (χ0) is 10.2. The van der Waals surface area contributed by atoms with Gasteiger partial charge in [0.25, 0.3) is 0 Å². The summed E-state index contributed by atoms with van der Waals surface area (Å²) in [6.07, 6.45) is -0.352. The van der Waals surface area contributed by atoms with Gasteiger partial charge in [-0.15, -0.1) is 12.6 Å². The van der Waals surface area contributed by atoms with E-state index in [0.717, 1.165) is 0 Å². The molecule has 0 bridgehead atoms. The van der Waals surface area contributed by atoms with Crippen molar-refractivity contribution in [3.8, 4) is 0 Å². The van der Waals surface area contributed by atoms with Gasteiger partial charge in [-0.25, -0.2) is 15.3 Å². The van der Waals surface area contributed by atoms with E-state index in [-0.39, 0.29) is 17.9 Å². The van der Waals surface area contributed by atoms with Gasteiger partial charge in [-0.3, -0.25) is 4.57 Å². The van der Waals surface area contributed by atoms with E-state index in [9.17, 15) is 4.57 Å². The highest BCUT2D eigenvalue weighted by Crippen LogP contribution is 2.37. The molecule has 0 spiro atoms. The average molecular weight is 227 g/mol. The van der Waals surface area contributed by atoms with Crippen LogP contribution in [-0.2, 0) is 4.57 Å². The summed E-state index contributed by atoms with van der Waals surface area (Å²) in [7, 11) is -2.21. The smallest absolute Gasteiger partial charge is 0.324 e. The molecule has 1 heterocycles. The topological polar surface area (TPSA) is 76.0 Å². The first-order valence-electron chi connectivity index (χ1n) is 3.78. The molecule has 1 saturated heterocycles. The van der Waals surface area contributed by atoms with Crippen LogP contribution in [0.4, 0.5) is 0 Å². The summed E-state index contributed by atoms with van der Waals surface area (Å²) in [5, 5.41) is 1.76. The molecule has 78 valence electrons. The van der Waals surface area contributed by atoms with Crippen molar-refractivity contribution in [2.24, 2.45) is 0 Å². The van der Waals surface area contributed by atoms with Crippen molar-refractivity contribution >= 4 is 20.2 Å². The third kappa shape index (κ3) is 2.92. The predicted octanol–water partition coefficient (Wildman–Crippen LogP) is -0.567. The maximum absolute atomic E-state index is 10.8. The molecule has 1 fully saturated rings. The highest BCUT2D eigenvalue weighted by Gasteiger charge is 2.35. The van der Waals surface area contributed by atoms with Crippen LogP contribution < -0.4 is 5.43 Å². The third-order valence-electron chi connectivity index (χ3n) is 2.02. The van der Waals surface area contributed by atoms with Crippen molar-refractivity contribution in [3.63, 3.8) is 0 Å². The first kappa shape index (κ1) is 11.5. The Balaban J connectivity index is 2.64. The van der Waals surface area contributed by atoms with Gasteiger partial charge in [0.1, 0.15) is 11.8 Å². The maximum atomic E-state index is 10.8. The summed E-state index contributed by atoms with van der Waals surface area (Å²) in [6.45, 7) is 1.85. The van der Waals surface area contributed by atoms with Crippen LogP contribution >= 0.6 is 20.2 Å². The maximum Gasteiger partial charge on any atom is 0.339 e. The summed E-state index contributed by atoms with van der Waals surface area (Å²) in [4.78, 5) is 19.2. The molecule has 0 aromatic rings. The van der Waals surface area contributed by atoms with E-state index in [4.69, 9.17) is 9.79 Å². The van der Waals surface area contributed by atoms with Crippen molar-refractivity contribution in [2.45, 2.75) is 18.6 Å².